The highest BCUT2D eigenvalue weighted by Gasteiger charge is 2.11. The van der Waals surface area contributed by atoms with Gasteiger partial charge in [-0.05, 0) is 28.1 Å². The molecule has 2 rings (SSSR count). The highest BCUT2D eigenvalue weighted by molar-refractivity contribution is 9.10. The standard InChI is InChI=1S/C11H6BrClN2O3/c12-9-3-2-8(15(16)17)5-10(9)18-11-4-1-7(13)6-14-11/h1-6H. The Balaban J connectivity index is 2.30. The van der Waals surface area contributed by atoms with Gasteiger partial charge in [0.05, 0.1) is 20.5 Å². The molecular formula is C11H6BrClN2O3. The Bertz CT molecular complexity index is 589. The summed E-state index contributed by atoms with van der Waals surface area (Å²) in [6, 6.07) is 7.44. The van der Waals surface area contributed by atoms with Gasteiger partial charge in [0.15, 0.2) is 5.75 Å². The average molecular weight is 330 g/mol. The predicted octanol–water partition coefficient (Wildman–Crippen LogP) is 4.20. The van der Waals surface area contributed by atoms with Crippen LogP contribution in [0.2, 0.25) is 5.02 Å². The second-order valence-corrected chi connectivity index (χ2v) is 4.58. The monoisotopic (exact) mass is 328 g/mol. The smallest absolute Gasteiger partial charge is 0.273 e. The number of ether oxygens (including phenoxy) is 1. The third-order valence-electron chi connectivity index (χ3n) is 2.04. The number of rotatable bonds is 3. The fraction of sp³-hybridized carbons (Fsp3) is 0. The van der Waals surface area contributed by atoms with Crippen LogP contribution >= 0.6 is 27.5 Å². The molecule has 2 aromatic rings. The van der Waals surface area contributed by atoms with Gasteiger partial charge < -0.3 is 4.74 Å². The highest BCUT2D eigenvalue weighted by atomic mass is 79.9. The van der Waals surface area contributed by atoms with Gasteiger partial charge in [-0.25, -0.2) is 4.98 Å². The number of hydrogen-bond acceptors (Lipinski definition) is 4. The number of pyridine rings is 1. The minimum atomic E-state index is -0.491. The minimum absolute atomic E-state index is 0.0536. The molecule has 0 fully saturated rings. The summed E-state index contributed by atoms with van der Waals surface area (Å²) < 4.78 is 6.04. The molecule has 0 saturated carbocycles. The molecule has 0 amide bonds. The molecule has 0 saturated heterocycles. The minimum Gasteiger partial charge on any atom is -0.438 e. The topological polar surface area (TPSA) is 65.3 Å². The zero-order valence-corrected chi connectivity index (χ0v) is 11.2. The molecule has 0 spiro atoms. The maximum atomic E-state index is 10.7. The summed E-state index contributed by atoms with van der Waals surface area (Å²) in [5.41, 5.74) is -0.0536. The molecule has 0 N–H and O–H groups in total. The molecule has 0 radical (unpaired) electrons. The van der Waals surface area contributed by atoms with E-state index < -0.39 is 4.92 Å². The molecular weight excluding hydrogens is 323 g/mol. The van der Waals surface area contributed by atoms with E-state index in [4.69, 9.17) is 16.3 Å². The van der Waals surface area contributed by atoms with Gasteiger partial charge >= 0.3 is 0 Å². The summed E-state index contributed by atoms with van der Waals surface area (Å²) in [4.78, 5) is 14.1. The Morgan fingerprint density at radius 1 is 1.33 bits per heavy atom. The van der Waals surface area contributed by atoms with Gasteiger partial charge in [-0.15, -0.1) is 0 Å². The number of hydrogen-bond donors (Lipinski definition) is 0. The van der Waals surface area contributed by atoms with Crippen LogP contribution < -0.4 is 4.74 Å². The van der Waals surface area contributed by atoms with Crippen molar-refractivity contribution in [2.75, 3.05) is 0 Å². The maximum absolute atomic E-state index is 10.7. The van der Waals surface area contributed by atoms with Gasteiger partial charge in [0, 0.05) is 18.3 Å². The Morgan fingerprint density at radius 2 is 2.11 bits per heavy atom. The van der Waals surface area contributed by atoms with Gasteiger partial charge in [-0.3, -0.25) is 10.1 Å². The first-order valence-corrected chi connectivity index (χ1v) is 5.97. The largest absolute Gasteiger partial charge is 0.438 e. The van der Waals surface area contributed by atoms with E-state index in [-0.39, 0.29) is 5.69 Å². The molecule has 18 heavy (non-hydrogen) atoms. The summed E-state index contributed by atoms with van der Waals surface area (Å²) in [5.74, 6) is 0.625. The van der Waals surface area contributed by atoms with Crippen molar-refractivity contribution < 1.29 is 9.66 Å². The fourth-order valence-electron chi connectivity index (χ4n) is 1.22. The lowest BCUT2D eigenvalue weighted by Crippen LogP contribution is -1.92. The summed E-state index contributed by atoms with van der Waals surface area (Å²) >= 11 is 8.95. The van der Waals surface area contributed by atoms with Crippen molar-refractivity contribution in [1.82, 2.24) is 4.98 Å². The first-order valence-electron chi connectivity index (χ1n) is 4.79. The molecule has 0 aliphatic rings. The van der Waals surface area contributed by atoms with Crippen molar-refractivity contribution in [3.05, 3.63) is 56.1 Å². The maximum Gasteiger partial charge on any atom is 0.273 e. The Hall–Kier alpha value is -1.66. The first-order chi connectivity index (χ1) is 8.56. The Morgan fingerprint density at radius 3 is 2.72 bits per heavy atom. The Labute approximate surface area is 116 Å². The lowest BCUT2D eigenvalue weighted by atomic mass is 10.3. The number of nitro benzene ring substituents is 1. The average Bonchev–Trinajstić information content (AvgIpc) is 2.34. The quantitative estimate of drug-likeness (QED) is 0.625. The summed E-state index contributed by atoms with van der Waals surface area (Å²) in [6.07, 6.45) is 1.43. The molecule has 0 atom stereocenters. The number of benzene rings is 1. The van der Waals surface area contributed by atoms with Crippen LogP contribution in [0, 0.1) is 10.1 Å². The van der Waals surface area contributed by atoms with Crippen molar-refractivity contribution in [2.45, 2.75) is 0 Å². The van der Waals surface area contributed by atoms with Crippen LogP contribution in [-0.2, 0) is 0 Å². The third kappa shape index (κ3) is 2.96. The van der Waals surface area contributed by atoms with Crippen molar-refractivity contribution in [1.29, 1.82) is 0 Å². The van der Waals surface area contributed by atoms with Crippen molar-refractivity contribution in [3.8, 4) is 11.6 Å². The van der Waals surface area contributed by atoms with Crippen LogP contribution in [0.1, 0.15) is 0 Å². The van der Waals surface area contributed by atoms with E-state index in [1.54, 1.807) is 18.2 Å². The molecule has 7 heteroatoms. The molecule has 1 heterocycles. The van der Waals surface area contributed by atoms with Crippen molar-refractivity contribution >= 4 is 33.2 Å². The number of aromatic nitrogens is 1. The predicted molar refractivity (Wildman–Crippen MR) is 70.1 cm³/mol. The lowest BCUT2D eigenvalue weighted by molar-refractivity contribution is -0.384. The molecule has 0 aliphatic heterocycles. The van der Waals surface area contributed by atoms with E-state index in [9.17, 15) is 10.1 Å². The highest BCUT2D eigenvalue weighted by Crippen LogP contribution is 2.32. The zero-order valence-electron chi connectivity index (χ0n) is 8.84. The number of nitro groups is 1. The van der Waals surface area contributed by atoms with E-state index in [1.165, 1.54) is 18.3 Å². The normalized spacial score (nSPS) is 10.1. The summed E-state index contributed by atoms with van der Waals surface area (Å²) in [5, 5.41) is 11.1. The van der Waals surface area contributed by atoms with Crippen molar-refractivity contribution in [2.24, 2.45) is 0 Å². The summed E-state index contributed by atoms with van der Waals surface area (Å²) in [7, 11) is 0. The molecule has 0 aliphatic carbocycles. The van der Waals surface area contributed by atoms with Crippen LogP contribution in [0.4, 0.5) is 5.69 Å². The zero-order chi connectivity index (χ0) is 13.1. The molecule has 0 bridgehead atoms. The molecule has 92 valence electrons. The second kappa shape index (κ2) is 5.32. The van der Waals surface area contributed by atoms with Gasteiger partial charge in [0.1, 0.15) is 0 Å². The molecule has 1 aromatic carbocycles. The first kappa shape index (κ1) is 12.8. The van der Waals surface area contributed by atoms with E-state index in [2.05, 4.69) is 20.9 Å². The molecule has 5 nitrogen and oxygen atoms in total. The van der Waals surface area contributed by atoms with Crippen LogP contribution in [0.3, 0.4) is 0 Å². The third-order valence-corrected chi connectivity index (χ3v) is 2.92. The number of nitrogens with zero attached hydrogens (tertiary/aromatic N) is 2. The van der Waals surface area contributed by atoms with E-state index in [1.807, 2.05) is 0 Å². The van der Waals surface area contributed by atoms with E-state index in [0.717, 1.165) is 0 Å². The second-order valence-electron chi connectivity index (χ2n) is 3.29. The van der Waals surface area contributed by atoms with E-state index >= 15 is 0 Å². The number of halogens is 2. The van der Waals surface area contributed by atoms with E-state index in [0.29, 0.717) is 21.1 Å². The molecule has 1 aromatic heterocycles. The number of non-ortho nitro benzene ring substituents is 1. The SMILES string of the molecule is O=[N+]([O-])c1ccc(Br)c(Oc2ccc(Cl)cn2)c1. The Kier molecular flexibility index (Phi) is 3.78. The van der Waals surface area contributed by atoms with Gasteiger partial charge in [0.25, 0.3) is 5.69 Å². The van der Waals surface area contributed by atoms with Crippen molar-refractivity contribution in [3.63, 3.8) is 0 Å². The van der Waals surface area contributed by atoms with Gasteiger partial charge in [-0.1, -0.05) is 11.6 Å². The van der Waals surface area contributed by atoms with Crippen LogP contribution in [-0.4, -0.2) is 9.91 Å². The van der Waals surface area contributed by atoms with Crippen LogP contribution in [0.25, 0.3) is 0 Å². The molecule has 0 unspecified atom stereocenters. The van der Waals surface area contributed by atoms with Crippen LogP contribution in [0.5, 0.6) is 11.6 Å². The van der Waals surface area contributed by atoms with Gasteiger partial charge in [0.2, 0.25) is 5.88 Å². The summed E-state index contributed by atoms with van der Waals surface area (Å²) in [6.45, 7) is 0. The fourth-order valence-corrected chi connectivity index (χ4v) is 1.66. The lowest BCUT2D eigenvalue weighted by Gasteiger charge is -2.06. The van der Waals surface area contributed by atoms with Gasteiger partial charge in [-0.2, -0.15) is 0 Å². The van der Waals surface area contributed by atoms with Crippen LogP contribution in [0.15, 0.2) is 41.0 Å².